The van der Waals surface area contributed by atoms with Crippen molar-refractivity contribution in [2.75, 3.05) is 25.0 Å². The predicted molar refractivity (Wildman–Crippen MR) is 91.8 cm³/mol. The average Bonchev–Trinajstić information content (AvgIpc) is 2.95. The SMILES string of the molecule is CCN1CC(CNc2nnc(C)c3ccccc23)CC1=O.O=CO. The van der Waals surface area contributed by atoms with Crippen molar-refractivity contribution in [1.82, 2.24) is 15.1 Å². The van der Waals surface area contributed by atoms with Crippen LogP contribution in [0.4, 0.5) is 5.82 Å². The summed E-state index contributed by atoms with van der Waals surface area (Å²) >= 11 is 0. The third-order valence-corrected chi connectivity index (χ3v) is 4.11. The Labute approximate surface area is 140 Å². The summed E-state index contributed by atoms with van der Waals surface area (Å²) in [6.45, 7) is 6.12. The van der Waals surface area contributed by atoms with Crippen LogP contribution in [0.2, 0.25) is 0 Å². The fourth-order valence-corrected chi connectivity index (χ4v) is 2.91. The number of fused-ring (bicyclic) bond motifs is 1. The van der Waals surface area contributed by atoms with Gasteiger partial charge in [-0.1, -0.05) is 24.3 Å². The van der Waals surface area contributed by atoms with E-state index in [0.29, 0.717) is 12.3 Å². The Hall–Kier alpha value is -2.70. The molecule has 1 fully saturated rings. The first-order chi connectivity index (χ1) is 11.6. The van der Waals surface area contributed by atoms with E-state index in [0.717, 1.165) is 41.9 Å². The molecule has 128 valence electrons. The molecule has 1 aliphatic rings. The molecule has 3 rings (SSSR count). The lowest BCUT2D eigenvalue weighted by Crippen LogP contribution is -2.25. The summed E-state index contributed by atoms with van der Waals surface area (Å²) in [6.07, 6.45) is 0.623. The fourth-order valence-electron chi connectivity index (χ4n) is 2.91. The lowest BCUT2D eigenvalue weighted by molar-refractivity contribution is -0.127. The monoisotopic (exact) mass is 330 g/mol. The maximum atomic E-state index is 11.8. The van der Waals surface area contributed by atoms with Crippen LogP contribution in [0.1, 0.15) is 19.0 Å². The number of amides is 1. The Kier molecular flexibility index (Phi) is 6.06. The molecule has 0 radical (unpaired) electrons. The number of nitrogens with zero attached hydrogens (tertiary/aromatic N) is 3. The first-order valence-corrected chi connectivity index (χ1v) is 7.92. The van der Waals surface area contributed by atoms with Crippen LogP contribution in [0.3, 0.4) is 0 Å². The second kappa shape index (κ2) is 8.24. The number of nitrogens with one attached hydrogen (secondary N) is 1. The Morgan fingerprint density at radius 3 is 2.62 bits per heavy atom. The summed E-state index contributed by atoms with van der Waals surface area (Å²) in [7, 11) is 0. The number of aryl methyl sites for hydroxylation is 1. The zero-order valence-corrected chi connectivity index (χ0v) is 13.9. The number of aromatic nitrogens is 2. The van der Waals surface area contributed by atoms with E-state index < -0.39 is 0 Å². The highest BCUT2D eigenvalue weighted by Gasteiger charge is 2.28. The number of hydrogen-bond donors (Lipinski definition) is 2. The maximum Gasteiger partial charge on any atom is 0.290 e. The number of carbonyl (C=O) groups excluding carboxylic acids is 1. The lowest BCUT2D eigenvalue weighted by Gasteiger charge is -2.15. The third kappa shape index (κ3) is 3.98. The second-order valence-corrected chi connectivity index (χ2v) is 5.67. The predicted octanol–water partition coefficient (Wildman–Crippen LogP) is 1.92. The highest BCUT2D eigenvalue weighted by atomic mass is 16.3. The number of rotatable bonds is 4. The van der Waals surface area contributed by atoms with Crippen LogP contribution in [0.25, 0.3) is 10.8 Å². The number of hydrogen-bond acceptors (Lipinski definition) is 5. The van der Waals surface area contributed by atoms with E-state index >= 15 is 0 Å². The molecule has 1 unspecified atom stereocenters. The molecule has 1 atom stereocenters. The second-order valence-electron chi connectivity index (χ2n) is 5.67. The molecule has 1 aromatic heterocycles. The topological polar surface area (TPSA) is 95.4 Å². The number of carbonyl (C=O) groups is 2. The summed E-state index contributed by atoms with van der Waals surface area (Å²) in [4.78, 5) is 22.0. The van der Waals surface area contributed by atoms with Crippen LogP contribution >= 0.6 is 0 Å². The maximum absolute atomic E-state index is 11.8. The summed E-state index contributed by atoms with van der Waals surface area (Å²) < 4.78 is 0. The molecule has 1 amide bonds. The van der Waals surface area contributed by atoms with Crippen LogP contribution < -0.4 is 5.32 Å². The number of anilines is 1. The molecule has 24 heavy (non-hydrogen) atoms. The highest BCUT2D eigenvalue weighted by molar-refractivity contribution is 5.92. The number of carboxylic acid groups (broad SMARTS) is 1. The first-order valence-electron chi connectivity index (χ1n) is 7.92. The van der Waals surface area contributed by atoms with Gasteiger partial charge in [-0.2, -0.15) is 5.10 Å². The van der Waals surface area contributed by atoms with Crippen molar-refractivity contribution in [3.63, 3.8) is 0 Å². The Morgan fingerprint density at radius 1 is 1.33 bits per heavy atom. The largest absolute Gasteiger partial charge is 0.483 e. The number of benzene rings is 1. The summed E-state index contributed by atoms with van der Waals surface area (Å²) in [6, 6.07) is 8.13. The van der Waals surface area contributed by atoms with Crippen molar-refractivity contribution >= 4 is 29.0 Å². The van der Waals surface area contributed by atoms with Gasteiger partial charge in [-0.25, -0.2) is 0 Å². The van der Waals surface area contributed by atoms with Gasteiger partial charge in [-0.3, -0.25) is 9.59 Å². The lowest BCUT2D eigenvalue weighted by atomic mass is 10.1. The van der Waals surface area contributed by atoms with E-state index in [-0.39, 0.29) is 12.4 Å². The van der Waals surface area contributed by atoms with Gasteiger partial charge in [0.1, 0.15) is 0 Å². The number of likely N-dealkylation sites (tertiary alicyclic amines) is 1. The molecule has 0 aliphatic carbocycles. The zero-order valence-electron chi connectivity index (χ0n) is 13.9. The Morgan fingerprint density at radius 2 is 2.00 bits per heavy atom. The van der Waals surface area contributed by atoms with Crippen LogP contribution in [-0.2, 0) is 9.59 Å². The van der Waals surface area contributed by atoms with Gasteiger partial charge >= 0.3 is 0 Å². The van der Waals surface area contributed by atoms with E-state index in [9.17, 15) is 4.79 Å². The van der Waals surface area contributed by atoms with Gasteiger partial charge in [0.2, 0.25) is 5.91 Å². The molecule has 2 heterocycles. The molecule has 0 saturated carbocycles. The first kappa shape index (κ1) is 17.7. The van der Waals surface area contributed by atoms with Gasteiger partial charge in [-0.15, -0.1) is 5.10 Å². The van der Waals surface area contributed by atoms with Gasteiger partial charge in [0.05, 0.1) is 5.69 Å². The zero-order chi connectivity index (χ0) is 17.5. The summed E-state index contributed by atoms with van der Waals surface area (Å²) in [5.74, 6) is 1.40. The molecule has 0 bridgehead atoms. The van der Waals surface area contributed by atoms with Crippen LogP contribution in [0.15, 0.2) is 24.3 Å². The van der Waals surface area contributed by atoms with E-state index in [1.165, 1.54) is 0 Å². The third-order valence-electron chi connectivity index (χ3n) is 4.11. The average molecular weight is 330 g/mol. The standard InChI is InChI=1S/C16H20N4O.CH2O2/c1-3-20-10-12(8-15(20)21)9-17-16-14-7-5-4-6-13(14)11(2)18-19-16;2-1-3/h4-7,12H,3,8-10H2,1-2H3,(H,17,19);1H,(H,2,3). The Balaban J connectivity index is 0.000000647. The minimum atomic E-state index is -0.250. The molecule has 7 nitrogen and oxygen atoms in total. The highest BCUT2D eigenvalue weighted by Crippen LogP contribution is 2.24. The molecule has 2 N–H and O–H groups in total. The minimum Gasteiger partial charge on any atom is -0.483 e. The van der Waals surface area contributed by atoms with Crippen molar-refractivity contribution in [3.05, 3.63) is 30.0 Å². The van der Waals surface area contributed by atoms with Crippen molar-refractivity contribution < 1.29 is 14.7 Å². The van der Waals surface area contributed by atoms with Crippen molar-refractivity contribution in [2.45, 2.75) is 20.3 Å². The summed E-state index contributed by atoms with van der Waals surface area (Å²) in [5.41, 5.74) is 0.935. The molecular weight excluding hydrogens is 308 g/mol. The minimum absolute atomic E-state index is 0.250. The smallest absolute Gasteiger partial charge is 0.290 e. The Bertz CT molecular complexity index is 720. The van der Waals surface area contributed by atoms with Crippen LogP contribution in [0, 0.1) is 12.8 Å². The van der Waals surface area contributed by atoms with Crippen LogP contribution in [0.5, 0.6) is 0 Å². The van der Waals surface area contributed by atoms with Gasteiger partial charge < -0.3 is 15.3 Å². The normalized spacial score (nSPS) is 16.7. The van der Waals surface area contributed by atoms with Crippen LogP contribution in [-0.4, -0.2) is 52.2 Å². The van der Waals surface area contributed by atoms with Crippen molar-refractivity contribution in [1.29, 1.82) is 0 Å². The summed E-state index contributed by atoms with van der Waals surface area (Å²) in [5, 5.41) is 20.9. The van der Waals surface area contributed by atoms with Gasteiger partial charge in [0.25, 0.3) is 6.47 Å². The fraction of sp³-hybridized carbons (Fsp3) is 0.412. The molecular formula is C17H22N4O3. The molecule has 7 heteroatoms. The molecule has 0 spiro atoms. The van der Waals surface area contributed by atoms with E-state index in [1.54, 1.807) is 0 Å². The van der Waals surface area contributed by atoms with Gasteiger partial charge in [0.15, 0.2) is 5.82 Å². The molecule has 2 aromatic rings. The van der Waals surface area contributed by atoms with Crippen molar-refractivity contribution in [3.8, 4) is 0 Å². The van der Waals surface area contributed by atoms with Gasteiger partial charge in [0, 0.05) is 42.7 Å². The van der Waals surface area contributed by atoms with Crippen molar-refractivity contribution in [2.24, 2.45) is 5.92 Å². The molecule has 1 aliphatic heterocycles. The van der Waals surface area contributed by atoms with E-state index in [2.05, 4.69) is 27.6 Å². The molecule has 1 aromatic carbocycles. The molecule has 1 saturated heterocycles. The van der Waals surface area contributed by atoms with E-state index in [1.807, 2.05) is 30.9 Å². The quantitative estimate of drug-likeness (QED) is 0.832. The van der Waals surface area contributed by atoms with Gasteiger partial charge in [-0.05, 0) is 13.8 Å². The van der Waals surface area contributed by atoms with E-state index in [4.69, 9.17) is 9.90 Å².